The summed E-state index contributed by atoms with van der Waals surface area (Å²) in [7, 11) is 0. The molecule has 4 aliphatic rings. The molecule has 2 unspecified atom stereocenters. The lowest BCUT2D eigenvalue weighted by atomic mass is 9.61. The van der Waals surface area contributed by atoms with E-state index in [1.165, 1.54) is 24.0 Å². The van der Waals surface area contributed by atoms with Gasteiger partial charge in [0.15, 0.2) is 0 Å². The number of benzene rings is 2. The number of fused-ring (bicyclic) bond motifs is 4. The molecule has 5 heteroatoms. The van der Waals surface area contributed by atoms with Gasteiger partial charge in [-0.05, 0) is 61.7 Å². The summed E-state index contributed by atoms with van der Waals surface area (Å²) in [5.41, 5.74) is 1.94. The molecule has 5 nitrogen and oxygen atoms in total. The number of nitrogens with zero attached hydrogens (tertiary/aromatic N) is 1. The van der Waals surface area contributed by atoms with Crippen LogP contribution in [0.5, 0.6) is 0 Å². The van der Waals surface area contributed by atoms with Crippen molar-refractivity contribution in [2.24, 2.45) is 5.92 Å². The number of nitrogens with one attached hydrogen (secondary N) is 2. The molecule has 162 valence electrons. The van der Waals surface area contributed by atoms with E-state index in [1.807, 2.05) is 36.4 Å². The first-order valence-corrected chi connectivity index (χ1v) is 11.5. The average Bonchev–Trinajstić information content (AvgIpc) is 3.21. The van der Waals surface area contributed by atoms with E-state index in [4.69, 9.17) is 0 Å². The fourth-order valence-corrected chi connectivity index (χ4v) is 6.02. The first-order chi connectivity index (χ1) is 15.1. The molecule has 4 fully saturated rings. The van der Waals surface area contributed by atoms with Crippen LogP contribution in [0.15, 0.2) is 60.7 Å². The van der Waals surface area contributed by atoms with E-state index < -0.39 is 5.54 Å². The number of carbonyl (C=O) groups excluding carboxylic acids is 2. The molecule has 0 aromatic heterocycles. The standard InChI is InChI=1S/C26H31N3O2/c30-23(17-29-13-7-8-14-29)28-26-15-21(19-9-3-1-4-10-19)24(25(31)27-18-26)22(16-26)20-11-5-2-6-12-20/h1-6,9-12,21-22,24H,7-8,13-18H2,(H,27,31)(H,28,30). The predicted octanol–water partition coefficient (Wildman–Crippen LogP) is 3.04. The molecule has 1 aliphatic carbocycles. The Kier molecular flexibility index (Phi) is 5.53. The van der Waals surface area contributed by atoms with Crippen molar-refractivity contribution in [3.63, 3.8) is 0 Å². The van der Waals surface area contributed by atoms with E-state index in [-0.39, 0.29) is 29.6 Å². The predicted molar refractivity (Wildman–Crippen MR) is 121 cm³/mol. The van der Waals surface area contributed by atoms with Gasteiger partial charge in [0.1, 0.15) is 0 Å². The van der Waals surface area contributed by atoms with Crippen LogP contribution in [0, 0.1) is 5.92 Å². The van der Waals surface area contributed by atoms with E-state index in [1.54, 1.807) is 0 Å². The lowest BCUT2D eigenvalue weighted by Crippen LogP contribution is -2.57. The van der Waals surface area contributed by atoms with E-state index >= 15 is 0 Å². The van der Waals surface area contributed by atoms with Crippen LogP contribution in [0.2, 0.25) is 0 Å². The minimum atomic E-state index is -0.430. The monoisotopic (exact) mass is 417 g/mol. The van der Waals surface area contributed by atoms with Gasteiger partial charge in [-0.1, -0.05) is 60.7 Å². The Morgan fingerprint density at radius 3 is 2.03 bits per heavy atom. The summed E-state index contributed by atoms with van der Waals surface area (Å²) in [6.45, 7) is 2.95. The molecule has 2 N–H and O–H groups in total. The van der Waals surface area contributed by atoms with Crippen LogP contribution in [0.4, 0.5) is 0 Å². The van der Waals surface area contributed by atoms with E-state index in [0.29, 0.717) is 13.1 Å². The van der Waals surface area contributed by atoms with Crippen molar-refractivity contribution in [2.75, 3.05) is 26.2 Å². The van der Waals surface area contributed by atoms with Gasteiger partial charge in [0.05, 0.1) is 18.0 Å². The van der Waals surface area contributed by atoms with Crippen molar-refractivity contribution in [2.45, 2.75) is 43.1 Å². The summed E-state index contributed by atoms with van der Waals surface area (Å²) in [6, 6.07) is 20.7. The van der Waals surface area contributed by atoms with Crippen LogP contribution in [-0.2, 0) is 9.59 Å². The Morgan fingerprint density at radius 2 is 1.48 bits per heavy atom. The lowest BCUT2D eigenvalue weighted by molar-refractivity contribution is -0.125. The van der Waals surface area contributed by atoms with Crippen molar-refractivity contribution in [3.8, 4) is 0 Å². The quantitative estimate of drug-likeness (QED) is 0.786. The van der Waals surface area contributed by atoms with E-state index in [0.717, 1.165) is 25.9 Å². The summed E-state index contributed by atoms with van der Waals surface area (Å²) in [6.07, 6.45) is 3.91. The van der Waals surface area contributed by atoms with Crippen molar-refractivity contribution in [1.29, 1.82) is 0 Å². The molecule has 3 aliphatic heterocycles. The molecule has 3 heterocycles. The second kappa shape index (κ2) is 8.46. The fraction of sp³-hybridized carbons (Fsp3) is 0.462. The third kappa shape index (κ3) is 4.11. The topological polar surface area (TPSA) is 61.4 Å². The largest absolute Gasteiger partial charge is 0.353 e. The van der Waals surface area contributed by atoms with Crippen LogP contribution in [-0.4, -0.2) is 48.4 Å². The van der Waals surface area contributed by atoms with Crippen molar-refractivity contribution < 1.29 is 9.59 Å². The van der Waals surface area contributed by atoms with Crippen molar-refractivity contribution in [1.82, 2.24) is 15.5 Å². The Labute approximate surface area is 184 Å². The van der Waals surface area contributed by atoms with Gasteiger partial charge in [0.25, 0.3) is 0 Å². The number of amides is 2. The van der Waals surface area contributed by atoms with Crippen LogP contribution >= 0.6 is 0 Å². The van der Waals surface area contributed by atoms with E-state index in [2.05, 4.69) is 39.8 Å². The average molecular weight is 418 g/mol. The second-order valence-electron chi connectivity index (χ2n) is 9.50. The summed E-state index contributed by atoms with van der Waals surface area (Å²) in [5, 5.41) is 6.59. The molecule has 2 amide bonds. The summed E-state index contributed by atoms with van der Waals surface area (Å²) >= 11 is 0. The van der Waals surface area contributed by atoms with Gasteiger partial charge in [0.2, 0.25) is 11.8 Å². The molecule has 2 aromatic carbocycles. The number of hydrogen-bond donors (Lipinski definition) is 2. The maximum atomic E-state index is 13.3. The summed E-state index contributed by atoms with van der Waals surface area (Å²) in [4.78, 5) is 28.6. The Balaban J connectivity index is 1.49. The molecule has 0 spiro atoms. The van der Waals surface area contributed by atoms with Crippen LogP contribution < -0.4 is 10.6 Å². The van der Waals surface area contributed by atoms with Crippen LogP contribution in [0.25, 0.3) is 0 Å². The van der Waals surface area contributed by atoms with Crippen LogP contribution in [0.3, 0.4) is 0 Å². The van der Waals surface area contributed by atoms with Gasteiger partial charge in [-0.2, -0.15) is 0 Å². The Hall–Kier alpha value is -2.66. The molecule has 6 rings (SSSR count). The Bertz CT molecular complexity index is 875. The molecule has 3 saturated heterocycles. The van der Waals surface area contributed by atoms with Crippen molar-refractivity contribution >= 4 is 11.8 Å². The SMILES string of the molecule is O=C(CN1CCCC1)NC12CNC(=O)C(C(c3ccccc3)C1)C(c1ccccc1)C2. The maximum absolute atomic E-state index is 13.3. The molecule has 1 saturated carbocycles. The zero-order valence-electron chi connectivity index (χ0n) is 17.9. The first-order valence-electron chi connectivity index (χ1n) is 11.5. The highest BCUT2D eigenvalue weighted by atomic mass is 16.2. The third-order valence-electron chi connectivity index (χ3n) is 7.42. The van der Waals surface area contributed by atoms with Gasteiger partial charge >= 0.3 is 0 Å². The first kappa shape index (κ1) is 20.3. The summed E-state index contributed by atoms with van der Waals surface area (Å²) < 4.78 is 0. The van der Waals surface area contributed by atoms with Crippen LogP contribution in [0.1, 0.15) is 48.6 Å². The second-order valence-corrected chi connectivity index (χ2v) is 9.50. The zero-order valence-corrected chi connectivity index (χ0v) is 17.9. The van der Waals surface area contributed by atoms with E-state index in [9.17, 15) is 9.59 Å². The normalized spacial score (nSPS) is 30.6. The Morgan fingerprint density at radius 1 is 0.935 bits per heavy atom. The van der Waals surface area contributed by atoms with Gasteiger partial charge in [-0.3, -0.25) is 14.5 Å². The molecule has 2 atom stereocenters. The number of hydrogen-bond acceptors (Lipinski definition) is 3. The number of rotatable bonds is 5. The minimum Gasteiger partial charge on any atom is -0.353 e. The molecule has 31 heavy (non-hydrogen) atoms. The van der Waals surface area contributed by atoms with Gasteiger partial charge in [-0.15, -0.1) is 0 Å². The lowest BCUT2D eigenvalue weighted by Gasteiger charge is -2.45. The molecular weight excluding hydrogens is 386 g/mol. The highest BCUT2D eigenvalue weighted by molar-refractivity contribution is 5.83. The third-order valence-corrected chi connectivity index (χ3v) is 7.42. The van der Waals surface area contributed by atoms with Crippen molar-refractivity contribution in [3.05, 3.63) is 71.8 Å². The minimum absolute atomic E-state index is 0.0785. The molecule has 2 bridgehead atoms. The number of carbonyl (C=O) groups is 2. The summed E-state index contributed by atoms with van der Waals surface area (Å²) in [5.74, 6) is 0.214. The maximum Gasteiger partial charge on any atom is 0.234 e. The molecular formula is C26H31N3O2. The molecule has 2 aromatic rings. The van der Waals surface area contributed by atoms with Gasteiger partial charge in [0, 0.05) is 6.54 Å². The highest BCUT2D eigenvalue weighted by Crippen LogP contribution is 2.51. The van der Waals surface area contributed by atoms with Gasteiger partial charge in [-0.25, -0.2) is 0 Å². The highest BCUT2D eigenvalue weighted by Gasteiger charge is 2.53. The molecule has 0 radical (unpaired) electrons. The fourth-order valence-electron chi connectivity index (χ4n) is 6.02. The smallest absolute Gasteiger partial charge is 0.234 e. The van der Waals surface area contributed by atoms with Gasteiger partial charge < -0.3 is 10.6 Å². The number of likely N-dealkylation sites (tertiary alicyclic amines) is 1. The zero-order chi connectivity index (χ0) is 21.3.